The Morgan fingerprint density at radius 3 is 1.48 bits per heavy atom. The van der Waals surface area contributed by atoms with Crippen molar-refractivity contribution in [3.63, 3.8) is 0 Å². The van der Waals surface area contributed by atoms with Gasteiger partial charge in [-0.25, -0.2) is 0 Å². The summed E-state index contributed by atoms with van der Waals surface area (Å²) in [6.45, 7) is 1.52. The molecule has 21 heavy (non-hydrogen) atoms. The fourth-order valence-corrected chi connectivity index (χ4v) is 3.63. The maximum atomic E-state index is 5.65. The van der Waals surface area contributed by atoms with Gasteiger partial charge in [-0.3, -0.25) is 0 Å². The molecule has 3 nitrogen and oxygen atoms in total. The van der Waals surface area contributed by atoms with Gasteiger partial charge in [-0.15, -0.1) is 0 Å². The van der Waals surface area contributed by atoms with Gasteiger partial charge in [0.05, 0.1) is 0 Å². The normalized spacial score (nSPS) is 10.3. The third kappa shape index (κ3) is 7.56. The van der Waals surface area contributed by atoms with Gasteiger partial charge in [0.1, 0.15) is 0 Å². The summed E-state index contributed by atoms with van der Waals surface area (Å²) in [4.78, 5) is 0. The van der Waals surface area contributed by atoms with Gasteiger partial charge in [-0.2, -0.15) is 0 Å². The van der Waals surface area contributed by atoms with E-state index in [4.69, 9.17) is 12.4 Å². The molecule has 0 heterocycles. The number of rotatable bonds is 10. The average Bonchev–Trinajstić information content (AvgIpc) is 2.55. The number of para-hydroxylation sites is 2. The van der Waals surface area contributed by atoms with E-state index in [0.29, 0.717) is 0 Å². The van der Waals surface area contributed by atoms with Crippen LogP contribution in [0.1, 0.15) is 0 Å². The van der Waals surface area contributed by atoms with Crippen molar-refractivity contribution >= 4 is 30.6 Å². The van der Waals surface area contributed by atoms with Gasteiger partial charge in [0.2, 0.25) is 0 Å². The fourth-order valence-electron chi connectivity index (χ4n) is 1.46. The molecule has 0 bridgehead atoms. The van der Waals surface area contributed by atoms with Crippen molar-refractivity contribution in [3.8, 4) is 11.5 Å². The van der Waals surface area contributed by atoms with E-state index in [9.17, 15) is 0 Å². The molecule has 2 rings (SSSR count). The summed E-state index contributed by atoms with van der Waals surface area (Å²) in [5, 5.41) is 1.93. The van der Waals surface area contributed by atoms with Crippen molar-refractivity contribution in [3.05, 3.63) is 60.7 Å². The van der Waals surface area contributed by atoms with E-state index in [1.54, 1.807) is 0 Å². The molecule has 0 aliphatic carbocycles. The number of hydrogen-bond acceptors (Lipinski definition) is 3. The second-order valence-electron chi connectivity index (χ2n) is 4.05. The summed E-state index contributed by atoms with van der Waals surface area (Å²) in [6.07, 6.45) is 0. The molecule has 0 atom stereocenters. The van der Waals surface area contributed by atoms with Crippen molar-refractivity contribution in [2.24, 2.45) is 0 Å². The molecular weight excluding hydrogens is 398 g/mol. The summed E-state index contributed by atoms with van der Waals surface area (Å²) in [5.41, 5.74) is 0. The molecule has 0 radical (unpaired) electrons. The topological polar surface area (TPSA) is 27.7 Å². The molecule has 0 aliphatic heterocycles. The minimum atomic E-state index is 0.146. The summed E-state index contributed by atoms with van der Waals surface area (Å²) >= 11 is 0.292. The van der Waals surface area contributed by atoms with Gasteiger partial charge in [0.25, 0.3) is 0 Å². The van der Waals surface area contributed by atoms with E-state index in [1.165, 1.54) is 0 Å². The number of benzene rings is 2. The third-order valence-corrected chi connectivity index (χ3v) is 5.12. The van der Waals surface area contributed by atoms with Crippen LogP contribution in [-0.4, -0.2) is 43.8 Å². The van der Waals surface area contributed by atoms with Crippen LogP contribution in [0.25, 0.3) is 0 Å². The van der Waals surface area contributed by atoms with Crippen LogP contribution in [0.2, 0.25) is 10.6 Å². The minimum absolute atomic E-state index is 0.146. The van der Waals surface area contributed by atoms with Crippen molar-refractivity contribution in [2.45, 2.75) is 10.6 Å². The predicted molar refractivity (Wildman–Crippen MR) is 86.1 cm³/mol. The molecule has 112 valence electrons. The Labute approximate surface area is 139 Å². The number of hydrogen-bond donors (Lipinski definition) is 0. The van der Waals surface area contributed by atoms with Gasteiger partial charge in [0.15, 0.2) is 0 Å². The molecule has 0 aromatic heterocycles. The standard InChI is InChI=1S/C16H18O3Se2/c1-3-7-15(8-4-1)18-20-13-11-17-12-14-21-19-16-9-5-2-6-10-16/h1-10H,11-14H2. The Balaban J connectivity index is 1.40. The zero-order valence-electron chi connectivity index (χ0n) is 11.6. The van der Waals surface area contributed by atoms with Gasteiger partial charge in [-0.05, 0) is 0 Å². The molecule has 0 aliphatic rings. The van der Waals surface area contributed by atoms with E-state index >= 15 is 0 Å². The Bertz CT molecular complexity index is 434. The molecule has 0 spiro atoms. The average molecular weight is 416 g/mol. The molecule has 0 saturated carbocycles. The first-order valence-corrected chi connectivity index (χ1v) is 10.5. The fraction of sp³-hybridized carbons (Fsp3) is 0.250. The molecular formula is C16H18O3Se2. The van der Waals surface area contributed by atoms with Crippen LogP contribution in [0.5, 0.6) is 11.5 Å². The van der Waals surface area contributed by atoms with Crippen LogP contribution in [0.3, 0.4) is 0 Å². The molecule has 0 unspecified atom stereocenters. The van der Waals surface area contributed by atoms with E-state index in [2.05, 4.69) is 0 Å². The van der Waals surface area contributed by atoms with E-state index in [1.807, 2.05) is 60.7 Å². The maximum absolute atomic E-state index is 5.65. The monoisotopic (exact) mass is 418 g/mol. The van der Waals surface area contributed by atoms with Crippen molar-refractivity contribution in [1.82, 2.24) is 0 Å². The molecule has 0 saturated heterocycles. The SMILES string of the molecule is c1ccc(O[Se]CCOCC[Se]Oc2ccccc2)cc1. The summed E-state index contributed by atoms with van der Waals surface area (Å²) in [7, 11) is 0. The molecule has 2 aromatic carbocycles. The molecule has 0 fully saturated rings. The molecule has 5 heteroatoms. The van der Waals surface area contributed by atoms with Crippen LogP contribution in [0.15, 0.2) is 60.7 Å². The molecule has 0 N–H and O–H groups in total. The first-order valence-electron chi connectivity index (χ1n) is 6.72. The van der Waals surface area contributed by atoms with Crippen molar-refractivity contribution in [2.75, 3.05) is 13.2 Å². The quantitative estimate of drug-likeness (QED) is 0.440. The Morgan fingerprint density at radius 1 is 0.619 bits per heavy atom. The zero-order chi connectivity index (χ0) is 14.6. The van der Waals surface area contributed by atoms with E-state index < -0.39 is 0 Å². The van der Waals surface area contributed by atoms with E-state index in [-0.39, 0.29) is 30.6 Å². The Morgan fingerprint density at radius 2 is 1.05 bits per heavy atom. The van der Waals surface area contributed by atoms with Crippen molar-refractivity contribution < 1.29 is 12.4 Å². The van der Waals surface area contributed by atoms with E-state index in [0.717, 1.165) is 35.4 Å². The second-order valence-corrected chi connectivity index (χ2v) is 7.45. The van der Waals surface area contributed by atoms with Crippen LogP contribution in [0.4, 0.5) is 0 Å². The third-order valence-electron chi connectivity index (χ3n) is 2.42. The summed E-state index contributed by atoms with van der Waals surface area (Å²) in [6, 6.07) is 19.8. The van der Waals surface area contributed by atoms with Crippen LogP contribution in [-0.2, 0) is 4.74 Å². The first kappa shape index (κ1) is 16.4. The molecule has 2 aromatic rings. The molecule has 0 amide bonds. The first-order chi connectivity index (χ1) is 10.4. The van der Waals surface area contributed by atoms with Gasteiger partial charge in [0, 0.05) is 0 Å². The van der Waals surface area contributed by atoms with Crippen LogP contribution >= 0.6 is 0 Å². The van der Waals surface area contributed by atoms with Crippen LogP contribution in [0, 0.1) is 0 Å². The number of ether oxygens (including phenoxy) is 1. The van der Waals surface area contributed by atoms with Crippen LogP contribution < -0.4 is 7.64 Å². The van der Waals surface area contributed by atoms with Gasteiger partial charge >= 0.3 is 139 Å². The van der Waals surface area contributed by atoms with Gasteiger partial charge < -0.3 is 0 Å². The zero-order valence-corrected chi connectivity index (χ0v) is 15.1. The van der Waals surface area contributed by atoms with Gasteiger partial charge in [-0.1, -0.05) is 0 Å². The Kier molecular flexibility index (Phi) is 8.38. The predicted octanol–water partition coefficient (Wildman–Crippen LogP) is 3.24. The summed E-state index contributed by atoms with van der Waals surface area (Å²) in [5.74, 6) is 1.88. The summed E-state index contributed by atoms with van der Waals surface area (Å²) < 4.78 is 16.9. The Hall–Kier alpha value is -0.961. The second kappa shape index (κ2) is 10.7. The van der Waals surface area contributed by atoms with Crippen molar-refractivity contribution in [1.29, 1.82) is 0 Å².